The lowest BCUT2D eigenvalue weighted by molar-refractivity contribution is 0.0687. The summed E-state index contributed by atoms with van der Waals surface area (Å²) in [4.78, 5) is 14.5. The van der Waals surface area contributed by atoms with Crippen LogP contribution in [0.4, 0.5) is 0 Å². The third kappa shape index (κ3) is 3.13. The molecule has 1 amide bonds. The van der Waals surface area contributed by atoms with Crippen molar-refractivity contribution in [1.82, 2.24) is 4.90 Å². The Morgan fingerprint density at radius 1 is 1.19 bits per heavy atom. The van der Waals surface area contributed by atoms with Gasteiger partial charge in [-0.15, -0.1) is 0 Å². The highest BCUT2D eigenvalue weighted by Gasteiger charge is 2.24. The molecule has 0 aliphatic carbocycles. The van der Waals surface area contributed by atoms with Gasteiger partial charge in [-0.05, 0) is 49.9 Å². The number of rotatable bonds is 3. The fourth-order valence-electron chi connectivity index (χ4n) is 3.02. The number of carbonyl (C=O) groups is 1. The molecule has 1 fully saturated rings. The molecule has 2 aliphatic rings. The van der Waals surface area contributed by atoms with Crippen molar-refractivity contribution in [3.05, 3.63) is 23.8 Å². The zero-order valence-electron chi connectivity index (χ0n) is 12.2. The quantitative estimate of drug-likeness (QED) is 0.919. The minimum atomic E-state index is 0.0816. The summed E-state index contributed by atoms with van der Waals surface area (Å²) in [5.74, 6) is 2.14. The van der Waals surface area contributed by atoms with Gasteiger partial charge in [0.15, 0.2) is 11.5 Å². The van der Waals surface area contributed by atoms with E-state index in [4.69, 9.17) is 15.2 Å². The van der Waals surface area contributed by atoms with Gasteiger partial charge in [-0.2, -0.15) is 0 Å². The molecule has 1 saturated heterocycles. The number of nitrogens with two attached hydrogens (primary N) is 1. The van der Waals surface area contributed by atoms with Gasteiger partial charge in [0.1, 0.15) is 13.2 Å². The van der Waals surface area contributed by atoms with Crippen LogP contribution in [0.1, 0.15) is 29.6 Å². The van der Waals surface area contributed by atoms with Crippen molar-refractivity contribution in [1.29, 1.82) is 0 Å². The number of benzene rings is 1. The van der Waals surface area contributed by atoms with Crippen LogP contribution in [0.3, 0.4) is 0 Å². The van der Waals surface area contributed by atoms with E-state index in [2.05, 4.69) is 0 Å². The zero-order chi connectivity index (χ0) is 14.7. The average Bonchev–Trinajstić information content (AvgIpc) is 2.55. The topological polar surface area (TPSA) is 64.8 Å². The second-order valence-corrected chi connectivity index (χ2v) is 5.67. The van der Waals surface area contributed by atoms with Crippen molar-refractivity contribution in [2.45, 2.75) is 19.3 Å². The molecule has 0 spiro atoms. The molecule has 114 valence electrons. The number of likely N-dealkylation sites (tertiary alicyclic amines) is 1. The molecule has 5 nitrogen and oxygen atoms in total. The molecular weight excluding hydrogens is 268 g/mol. The van der Waals surface area contributed by atoms with Gasteiger partial charge in [0.25, 0.3) is 5.91 Å². The van der Waals surface area contributed by atoms with E-state index in [9.17, 15) is 4.79 Å². The third-order valence-electron chi connectivity index (χ3n) is 4.27. The fourth-order valence-corrected chi connectivity index (χ4v) is 3.02. The van der Waals surface area contributed by atoms with Gasteiger partial charge in [-0.25, -0.2) is 0 Å². The Bertz CT molecular complexity index is 510. The number of hydrogen-bond acceptors (Lipinski definition) is 4. The lowest BCUT2D eigenvalue weighted by Gasteiger charge is -2.32. The fraction of sp³-hybridized carbons (Fsp3) is 0.562. The molecule has 0 bridgehead atoms. The minimum Gasteiger partial charge on any atom is -0.486 e. The maximum atomic E-state index is 12.6. The number of carbonyl (C=O) groups excluding carboxylic acids is 1. The van der Waals surface area contributed by atoms with Gasteiger partial charge >= 0.3 is 0 Å². The van der Waals surface area contributed by atoms with Crippen LogP contribution >= 0.6 is 0 Å². The molecule has 2 aliphatic heterocycles. The van der Waals surface area contributed by atoms with E-state index >= 15 is 0 Å². The first-order chi connectivity index (χ1) is 10.3. The van der Waals surface area contributed by atoms with Crippen molar-refractivity contribution in [2.75, 3.05) is 32.8 Å². The third-order valence-corrected chi connectivity index (χ3v) is 4.27. The standard InChI is InChI=1S/C16H22N2O3/c17-6-3-12-4-7-18(8-5-12)16(19)13-1-2-14-15(11-13)21-10-9-20-14/h1-2,11-12H,3-10,17H2. The van der Waals surface area contributed by atoms with Crippen molar-refractivity contribution >= 4 is 5.91 Å². The first-order valence-corrected chi connectivity index (χ1v) is 7.67. The Morgan fingerprint density at radius 2 is 1.90 bits per heavy atom. The average molecular weight is 290 g/mol. The first-order valence-electron chi connectivity index (χ1n) is 7.67. The van der Waals surface area contributed by atoms with E-state index in [1.807, 2.05) is 17.0 Å². The molecule has 0 saturated carbocycles. The van der Waals surface area contributed by atoms with Crippen LogP contribution in [0.2, 0.25) is 0 Å². The minimum absolute atomic E-state index is 0.0816. The van der Waals surface area contributed by atoms with Gasteiger partial charge in [-0.1, -0.05) is 0 Å². The van der Waals surface area contributed by atoms with Gasteiger partial charge in [0, 0.05) is 18.7 Å². The van der Waals surface area contributed by atoms with E-state index in [-0.39, 0.29) is 5.91 Å². The number of amides is 1. The van der Waals surface area contributed by atoms with Crippen LogP contribution in [-0.2, 0) is 0 Å². The SMILES string of the molecule is NCCC1CCN(C(=O)c2ccc3c(c2)OCCO3)CC1. The lowest BCUT2D eigenvalue weighted by Crippen LogP contribution is -2.38. The van der Waals surface area contributed by atoms with Crippen molar-refractivity contribution in [3.63, 3.8) is 0 Å². The zero-order valence-corrected chi connectivity index (χ0v) is 12.2. The summed E-state index contributed by atoms with van der Waals surface area (Å²) in [7, 11) is 0. The number of piperidine rings is 1. The van der Waals surface area contributed by atoms with Crippen molar-refractivity contribution in [2.24, 2.45) is 11.7 Å². The Balaban J connectivity index is 1.66. The van der Waals surface area contributed by atoms with E-state index in [0.717, 1.165) is 44.6 Å². The lowest BCUT2D eigenvalue weighted by atomic mass is 9.93. The Morgan fingerprint density at radius 3 is 2.62 bits per heavy atom. The first kappa shape index (κ1) is 14.2. The number of hydrogen-bond donors (Lipinski definition) is 1. The molecule has 2 N–H and O–H groups in total. The van der Waals surface area contributed by atoms with Crippen LogP contribution in [-0.4, -0.2) is 43.7 Å². The summed E-state index contributed by atoms with van der Waals surface area (Å²) in [6.07, 6.45) is 3.16. The predicted octanol–water partition coefficient (Wildman–Crippen LogP) is 1.66. The number of fused-ring (bicyclic) bond motifs is 1. The molecule has 0 radical (unpaired) electrons. The molecule has 5 heteroatoms. The van der Waals surface area contributed by atoms with Gasteiger partial charge < -0.3 is 20.1 Å². The molecule has 21 heavy (non-hydrogen) atoms. The van der Waals surface area contributed by atoms with Crippen LogP contribution < -0.4 is 15.2 Å². The summed E-state index contributed by atoms with van der Waals surface area (Å²) >= 11 is 0. The molecule has 1 aromatic rings. The highest BCUT2D eigenvalue weighted by molar-refractivity contribution is 5.95. The van der Waals surface area contributed by atoms with E-state index in [1.54, 1.807) is 6.07 Å². The largest absolute Gasteiger partial charge is 0.486 e. The molecular formula is C16H22N2O3. The number of nitrogens with zero attached hydrogens (tertiary/aromatic N) is 1. The van der Waals surface area contributed by atoms with E-state index in [1.165, 1.54) is 0 Å². The van der Waals surface area contributed by atoms with E-state index < -0.39 is 0 Å². The smallest absolute Gasteiger partial charge is 0.253 e. The molecule has 0 unspecified atom stereocenters. The molecule has 1 aromatic carbocycles. The monoisotopic (exact) mass is 290 g/mol. The van der Waals surface area contributed by atoms with Crippen molar-refractivity contribution < 1.29 is 14.3 Å². The summed E-state index contributed by atoms with van der Waals surface area (Å²) in [5, 5.41) is 0. The molecule has 0 aromatic heterocycles. The molecule has 2 heterocycles. The highest BCUT2D eigenvalue weighted by atomic mass is 16.6. The van der Waals surface area contributed by atoms with Crippen LogP contribution in [0.25, 0.3) is 0 Å². The maximum Gasteiger partial charge on any atom is 0.253 e. The number of ether oxygens (including phenoxy) is 2. The van der Waals surface area contributed by atoms with Gasteiger partial charge in [0.2, 0.25) is 0 Å². The Hall–Kier alpha value is -1.75. The molecule has 0 atom stereocenters. The summed E-state index contributed by atoms with van der Waals surface area (Å²) in [6.45, 7) is 3.47. The predicted molar refractivity (Wildman–Crippen MR) is 79.7 cm³/mol. The van der Waals surface area contributed by atoms with Crippen LogP contribution in [0.5, 0.6) is 11.5 Å². The Labute approximate surface area is 125 Å². The van der Waals surface area contributed by atoms with Gasteiger partial charge in [-0.3, -0.25) is 4.79 Å². The van der Waals surface area contributed by atoms with E-state index in [0.29, 0.717) is 30.4 Å². The summed E-state index contributed by atoms with van der Waals surface area (Å²) < 4.78 is 11.0. The second-order valence-electron chi connectivity index (χ2n) is 5.67. The van der Waals surface area contributed by atoms with Crippen LogP contribution in [0.15, 0.2) is 18.2 Å². The van der Waals surface area contributed by atoms with Crippen LogP contribution in [0, 0.1) is 5.92 Å². The van der Waals surface area contributed by atoms with Gasteiger partial charge in [0.05, 0.1) is 0 Å². The normalized spacial score (nSPS) is 18.6. The highest BCUT2D eigenvalue weighted by Crippen LogP contribution is 2.31. The summed E-state index contributed by atoms with van der Waals surface area (Å²) in [6, 6.07) is 5.44. The Kier molecular flexibility index (Phi) is 4.29. The summed E-state index contributed by atoms with van der Waals surface area (Å²) in [5.41, 5.74) is 6.28. The second kappa shape index (κ2) is 6.35. The van der Waals surface area contributed by atoms with Crippen molar-refractivity contribution in [3.8, 4) is 11.5 Å². The maximum absolute atomic E-state index is 12.6. The molecule has 3 rings (SSSR count).